The number of carbonyl (C=O) groups excluding carboxylic acids is 1. The van der Waals surface area contributed by atoms with Crippen LogP contribution < -0.4 is 0 Å². The van der Waals surface area contributed by atoms with Crippen molar-refractivity contribution in [1.82, 2.24) is 4.90 Å². The number of Topliss-reactive ketones (excluding diaryl/α,β-unsaturated/α-hetero) is 1. The number of benzene rings is 1. The minimum Gasteiger partial charge on any atom is -0.453 e. The molecule has 1 aromatic carbocycles. The molecule has 0 radical (unpaired) electrons. The third kappa shape index (κ3) is 4.85. The summed E-state index contributed by atoms with van der Waals surface area (Å²) in [6.45, 7) is 5.30. The SMILES string of the molecule is CC1CCCN(CCC(=O)c2ccc(-c3ccc(Cl)cc3)o2)C1.Cl. The molecule has 0 aliphatic carbocycles. The van der Waals surface area contributed by atoms with Gasteiger partial charge in [0.25, 0.3) is 0 Å². The fourth-order valence-corrected chi connectivity index (χ4v) is 3.26. The molecule has 1 aromatic heterocycles. The molecule has 1 saturated heterocycles. The van der Waals surface area contributed by atoms with Gasteiger partial charge < -0.3 is 9.32 Å². The topological polar surface area (TPSA) is 33.5 Å². The highest BCUT2D eigenvalue weighted by atomic mass is 35.5. The molecule has 0 bridgehead atoms. The summed E-state index contributed by atoms with van der Waals surface area (Å²) in [5.41, 5.74) is 0.929. The van der Waals surface area contributed by atoms with Crippen LogP contribution in [0.15, 0.2) is 40.8 Å². The normalized spacial score (nSPS) is 18.2. The highest BCUT2D eigenvalue weighted by Gasteiger charge is 2.18. The Bertz CT molecular complexity index is 666. The Balaban J connectivity index is 0.00000208. The lowest BCUT2D eigenvalue weighted by Gasteiger charge is -2.30. The van der Waals surface area contributed by atoms with E-state index in [9.17, 15) is 4.79 Å². The maximum absolute atomic E-state index is 12.3. The zero-order valence-electron chi connectivity index (χ0n) is 13.8. The van der Waals surface area contributed by atoms with Crippen molar-refractivity contribution in [3.8, 4) is 11.3 Å². The van der Waals surface area contributed by atoms with E-state index in [2.05, 4.69) is 11.8 Å². The van der Waals surface area contributed by atoms with Crippen molar-refractivity contribution in [2.75, 3.05) is 19.6 Å². The molecule has 1 aliphatic rings. The van der Waals surface area contributed by atoms with Crippen molar-refractivity contribution in [3.63, 3.8) is 0 Å². The van der Waals surface area contributed by atoms with E-state index >= 15 is 0 Å². The van der Waals surface area contributed by atoms with Gasteiger partial charge in [-0.15, -0.1) is 12.4 Å². The van der Waals surface area contributed by atoms with Gasteiger partial charge in [0.15, 0.2) is 11.5 Å². The van der Waals surface area contributed by atoms with Crippen LogP contribution in [0.4, 0.5) is 0 Å². The van der Waals surface area contributed by atoms with E-state index in [-0.39, 0.29) is 18.2 Å². The standard InChI is InChI=1S/C19H22ClNO2.ClH/c1-14-3-2-11-21(13-14)12-10-17(22)19-9-8-18(23-19)15-4-6-16(20)7-5-15;/h4-9,14H,2-3,10-13H2,1H3;1H. The first-order chi connectivity index (χ1) is 11.1. The lowest BCUT2D eigenvalue weighted by atomic mass is 10.00. The summed E-state index contributed by atoms with van der Waals surface area (Å²) in [6.07, 6.45) is 3.05. The molecular formula is C19H23Cl2NO2. The molecule has 24 heavy (non-hydrogen) atoms. The number of furan rings is 1. The Morgan fingerprint density at radius 1 is 1.25 bits per heavy atom. The molecule has 1 fully saturated rings. The number of hydrogen-bond acceptors (Lipinski definition) is 3. The summed E-state index contributed by atoms with van der Waals surface area (Å²) in [4.78, 5) is 14.7. The highest BCUT2D eigenvalue weighted by Crippen LogP contribution is 2.24. The minimum absolute atomic E-state index is 0. The van der Waals surface area contributed by atoms with Crippen LogP contribution in [0.1, 0.15) is 36.7 Å². The van der Waals surface area contributed by atoms with Crippen molar-refractivity contribution in [3.05, 3.63) is 47.2 Å². The summed E-state index contributed by atoms with van der Waals surface area (Å²) in [7, 11) is 0. The fraction of sp³-hybridized carbons (Fsp3) is 0.421. The second-order valence-electron chi connectivity index (χ2n) is 6.39. The number of ketones is 1. The molecule has 0 N–H and O–H groups in total. The number of piperidine rings is 1. The Morgan fingerprint density at radius 3 is 2.71 bits per heavy atom. The van der Waals surface area contributed by atoms with Gasteiger partial charge in [-0.05, 0) is 61.7 Å². The van der Waals surface area contributed by atoms with Crippen molar-refractivity contribution >= 4 is 29.8 Å². The Labute approximate surface area is 154 Å². The van der Waals surface area contributed by atoms with Crippen LogP contribution in [0.3, 0.4) is 0 Å². The van der Waals surface area contributed by atoms with Crippen molar-refractivity contribution in [2.45, 2.75) is 26.2 Å². The van der Waals surface area contributed by atoms with Gasteiger partial charge in [0, 0.05) is 30.1 Å². The Kier molecular flexibility index (Phi) is 6.90. The van der Waals surface area contributed by atoms with Crippen LogP contribution >= 0.6 is 24.0 Å². The maximum atomic E-state index is 12.3. The monoisotopic (exact) mass is 367 g/mol. The number of hydrogen-bond donors (Lipinski definition) is 0. The van der Waals surface area contributed by atoms with E-state index < -0.39 is 0 Å². The van der Waals surface area contributed by atoms with E-state index in [4.69, 9.17) is 16.0 Å². The second-order valence-corrected chi connectivity index (χ2v) is 6.83. The van der Waals surface area contributed by atoms with E-state index in [1.54, 1.807) is 6.07 Å². The molecule has 1 unspecified atom stereocenters. The lowest BCUT2D eigenvalue weighted by Crippen LogP contribution is -2.35. The van der Waals surface area contributed by atoms with Gasteiger partial charge in [-0.25, -0.2) is 0 Å². The highest BCUT2D eigenvalue weighted by molar-refractivity contribution is 6.30. The molecule has 2 heterocycles. The molecule has 2 aromatic rings. The first kappa shape index (κ1) is 19.0. The van der Waals surface area contributed by atoms with Crippen LogP contribution in [-0.4, -0.2) is 30.3 Å². The Hall–Kier alpha value is -1.29. The van der Waals surface area contributed by atoms with Gasteiger partial charge in [-0.3, -0.25) is 4.79 Å². The van der Waals surface area contributed by atoms with Crippen LogP contribution in [0.5, 0.6) is 0 Å². The summed E-state index contributed by atoms with van der Waals surface area (Å²) < 4.78 is 5.72. The molecule has 0 saturated carbocycles. The first-order valence-corrected chi connectivity index (χ1v) is 8.61. The van der Waals surface area contributed by atoms with Crippen LogP contribution in [0.2, 0.25) is 5.02 Å². The number of nitrogens with zero attached hydrogens (tertiary/aromatic N) is 1. The minimum atomic E-state index is 0. The predicted octanol–water partition coefficient (Wildman–Crippen LogP) is 5.33. The van der Waals surface area contributed by atoms with Gasteiger partial charge in [0.2, 0.25) is 0 Å². The quantitative estimate of drug-likeness (QED) is 0.669. The van der Waals surface area contributed by atoms with E-state index in [0.29, 0.717) is 23.0 Å². The van der Waals surface area contributed by atoms with Crippen molar-refractivity contribution in [1.29, 1.82) is 0 Å². The van der Waals surface area contributed by atoms with Crippen molar-refractivity contribution in [2.24, 2.45) is 5.92 Å². The molecule has 5 heteroatoms. The molecule has 0 spiro atoms. The zero-order chi connectivity index (χ0) is 16.2. The van der Waals surface area contributed by atoms with Crippen LogP contribution in [0.25, 0.3) is 11.3 Å². The van der Waals surface area contributed by atoms with Gasteiger partial charge in [0.1, 0.15) is 5.76 Å². The Morgan fingerprint density at radius 2 is 2.00 bits per heavy atom. The summed E-state index contributed by atoms with van der Waals surface area (Å²) in [5.74, 6) is 1.96. The van der Waals surface area contributed by atoms with Crippen LogP contribution in [-0.2, 0) is 0 Å². The molecule has 1 aliphatic heterocycles. The average molecular weight is 368 g/mol. The molecule has 0 amide bonds. The van der Waals surface area contributed by atoms with E-state index in [1.807, 2.05) is 30.3 Å². The molecule has 3 rings (SSSR count). The summed E-state index contributed by atoms with van der Waals surface area (Å²) in [5, 5.41) is 0.687. The summed E-state index contributed by atoms with van der Waals surface area (Å²) >= 11 is 5.89. The maximum Gasteiger partial charge on any atom is 0.199 e. The zero-order valence-corrected chi connectivity index (χ0v) is 15.4. The van der Waals surface area contributed by atoms with Gasteiger partial charge in [-0.1, -0.05) is 18.5 Å². The molecule has 3 nitrogen and oxygen atoms in total. The lowest BCUT2D eigenvalue weighted by molar-refractivity contribution is 0.0923. The second kappa shape index (κ2) is 8.70. The summed E-state index contributed by atoms with van der Waals surface area (Å²) in [6, 6.07) is 11.0. The predicted molar refractivity (Wildman–Crippen MR) is 100 cm³/mol. The van der Waals surface area contributed by atoms with E-state index in [0.717, 1.165) is 31.1 Å². The number of halogens is 2. The fourth-order valence-electron chi connectivity index (χ4n) is 3.13. The average Bonchev–Trinajstić information content (AvgIpc) is 3.03. The molecule has 1 atom stereocenters. The number of likely N-dealkylation sites (tertiary alicyclic amines) is 1. The van der Waals surface area contributed by atoms with Gasteiger partial charge >= 0.3 is 0 Å². The largest absolute Gasteiger partial charge is 0.453 e. The molecular weight excluding hydrogens is 345 g/mol. The first-order valence-electron chi connectivity index (χ1n) is 8.23. The van der Waals surface area contributed by atoms with Gasteiger partial charge in [-0.2, -0.15) is 0 Å². The van der Waals surface area contributed by atoms with Crippen LogP contribution in [0, 0.1) is 5.92 Å². The van der Waals surface area contributed by atoms with Gasteiger partial charge in [0.05, 0.1) is 0 Å². The van der Waals surface area contributed by atoms with Crippen molar-refractivity contribution < 1.29 is 9.21 Å². The third-order valence-corrected chi connectivity index (χ3v) is 4.66. The number of carbonyl (C=O) groups is 1. The smallest absolute Gasteiger partial charge is 0.199 e. The molecule has 130 valence electrons. The third-order valence-electron chi connectivity index (χ3n) is 4.41. The number of rotatable bonds is 5. The van der Waals surface area contributed by atoms with E-state index in [1.165, 1.54) is 12.8 Å².